The average Bonchev–Trinajstić information content (AvgIpc) is 3.26. The molecule has 144 valence electrons. The Hall–Kier alpha value is -2.71. The number of carbonyl (C=O) groups is 1. The standard InChI is InChI=1S/C19H18ClN5O2S/c1-27-15-9-5-2-6-12(15)17-22-23-19(25(17)21)28-16-10-11-24(18(16)26)14-8-4-3-7-13(14)20/h2-9,16H,10-11,21H2,1H3. The lowest BCUT2D eigenvalue weighted by Crippen LogP contribution is -2.28. The van der Waals surface area contributed by atoms with Crippen LogP contribution in [0.25, 0.3) is 11.4 Å². The van der Waals surface area contributed by atoms with Crippen molar-refractivity contribution < 1.29 is 9.53 Å². The third kappa shape index (κ3) is 3.29. The number of benzene rings is 2. The maximum atomic E-state index is 12.9. The molecule has 2 heterocycles. The van der Waals surface area contributed by atoms with E-state index >= 15 is 0 Å². The van der Waals surface area contributed by atoms with Crippen molar-refractivity contribution in [2.75, 3.05) is 24.4 Å². The quantitative estimate of drug-likeness (QED) is 0.644. The molecule has 0 spiro atoms. The predicted octanol–water partition coefficient (Wildman–Crippen LogP) is 3.22. The molecule has 9 heteroatoms. The van der Waals surface area contributed by atoms with Crippen LogP contribution in [-0.4, -0.2) is 39.7 Å². The number of hydrogen-bond donors (Lipinski definition) is 1. The van der Waals surface area contributed by atoms with Crippen LogP contribution in [0.15, 0.2) is 53.7 Å². The maximum Gasteiger partial charge on any atom is 0.240 e. The van der Waals surface area contributed by atoms with Crippen LogP contribution in [0.1, 0.15) is 6.42 Å². The van der Waals surface area contributed by atoms with Gasteiger partial charge in [0.15, 0.2) is 5.82 Å². The molecule has 7 nitrogen and oxygen atoms in total. The molecule has 0 bridgehead atoms. The van der Waals surface area contributed by atoms with Crippen molar-refractivity contribution in [2.45, 2.75) is 16.8 Å². The lowest BCUT2D eigenvalue weighted by Gasteiger charge is -2.17. The van der Waals surface area contributed by atoms with Crippen molar-refractivity contribution in [3.8, 4) is 17.1 Å². The number of anilines is 1. The number of halogens is 1. The fraction of sp³-hybridized carbons (Fsp3) is 0.211. The van der Waals surface area contributed by atoms with E-state index < -0.39 is 0 Å². The molecule has 1 aliphatic heterocycles. The molecule has 1 saturated heterocycles. The molecule has 2 aromatic carbocycles. The number of para-hydroxylation sites is 2. The number of methoxy groups -OCH3 is 1. The van der Waals surface area contributed by atoms with E-state index in [2.05, 4.69) is 10.2 Å². The Morgan fingerprint density at radius 1 is 1.18 bits per heavy atom. The van der Waals surface area contributed by atoms with Gasteiger partial charge in [0.05, 0.1) is 28.6 Å². The zero-order chi connectivity index (χ0) is 19.7. The number of nitrogens with zero attached hydrogens (tertiary/aromatic N) is 4. The first-order valence-electron chi connectivity index (χ1n) is 8.66. The van der Waals surface area contributed by atoms with Crippen molar-refractivity contribution in [1.29, 1.82) is 0 Å². The SMILES string of the molecule is COc1ccccc1-c1nnc(SC2CCN(c3ccccc3Cl)C2=O)n1N. The van der Waals surface area contributed by atoms with Crippen LogP contribution in [0.4, 0.5) is 5.69 Å². The van der Waals surface area contributed by atoms with Gasteiger partial charge in [-0.25, -0.2) is 4.68 Å². The van der Waals surface area contributed by atoms with Gasteiger partial charge in [-0.1, -0.05) is 47.6 Å². The van der Waals surface area contributed by atoms with Gasteiger partial charge in [0.1, 0.15) is 5.75 Å². The molecule has 1 fully saturated rings. The minimum Gasteiger partial charge on any atom is -0.496 e. The Balaban J connectivity index is 1.55. The lowest BCUT2D eigenvalue weighted by molar-refractivity contribution is -0.116. The summed E-state index contributed by atoms with van der Waals surface area (Å²) in [5.41, 5.74) is 1.46. The number of thioether (sulfide) groups is 1. The third-order valence-corrected chi connectivity index (χ3v) is 6.09. The largest absolute Gasteiger partial charge is 0.496 e. The third-order valence-electron chi connectivity index (χ3n) is 4.56. The van der Waals surface area contributed by atoms with E-state index in [1.807, 2.05) is 42.5 Å². The molecule has 2 N–H and O–H groups in total. The molecule has 3 aromatic rings. The summed E-state index contributed by atoms with van der Waals surface area (Å²) >= 11 is 7.55. The van der Waals surface area contributed by atoms with E-state index in [4.69, 9.17) is 22.2 Å². The Morgan fingerprint density at radius 3 is 2.71 bits per heavy atom. The highest BCUT2D eigenvalue weighted by Crippen LogP contribution is 2.36. The predicted molar refractivity (Wildman–Crippen MR) is 110 cm³/mol. The number of hydrogen-bond acceptors (Lipinski definition) is 6. The van der Waals surface area contributed by atoms with Crippen LogP contribution in [0.3, 0.4) is 0 Å². The summed E-state index contributed by atoms with van der Waals surface area (Å²) in [5.74, 6) is 7.34. The van der Waals surface area contributed by atoms with Crippen LogP contribution >= 0.6 is 23.4 Å². The summed E-state index contributed by atoms with van der Waals surface area (Å²) in [6, 6.07) is 14.8. The topological polar surface area (TPSA) is 86.3 Å². The van der Waals surface area contributed by atoms with Gasteiger partial charge >= 0.3 is 0 Å². The van der Waals surface area contributed by atoms with Gasteiger partial charge < -0.3 is 15.5 Å². The first-order valence-corrected chi connectivity index (χ1v) is 9.92. The van der Waals surface area contributed by atoms with E-state index in [9.17, 15) is 4.79 Å². The molecular formula is C19H18ClN5O2S. The van der Waals surface area contributed by atoms with Crippen LogP contribution < -0.4 is 15.5 Å². The van der Waals surface area contributed by atoms with Crippen LogP contribution in [0.5, 0.6) is 5.75 Å². The van der Waals surface area contributed by atoms with Gasteiger partial charge in [0.2, 0.25) is 11.1 Å². The number of nitrogen functional groups attached to an aromatic ring is 1. The van der Waals surface area contributed by atoms with Gasteiger partial charge in [0.25, 0.3) is 0 Å². The molecule has 0 saturated carbocycles. The van der Waals surface area contributed by atoms with Gasteiger partial charge in [-0.3, -0.25) is 4.79 Å². The highest BCUT2D eigenvalue weighted by molar-refractivity contribution is 8.00. The smallest absolute Gasteiger partial charge is 0.240 e. The average molecular weight is 416 g/mol. The van der Waals surface area contributed by atoms with E-state index in [0.717, 1.165) is 11.3 Å². The Morgan fingerprint density at radius 2 is 1.93 bits per heavy atom. The molecule has 1 atom stereocenters. The molecule has 1 amide bonds. The van der Waals surface area contributed by atoms with Crippen molar-refractivity contribution in [3.63, 3.8) is 0 Å². The van der Waals surface area contributed by atoms with Gasteiger partial charge in [-0.05, 0) is 30.7 Å². The Labute approximate surface area is 171 Å². The molecule has 0 aliphatic carbocycles. The molecule has 28 heavy (non-hydrogen) atoms. The number of nitrogens with two attached hydrogens (primary N) is 1. The number of carbonyl (C=O) groups excluding carboxylic acids is 1. The minimum absolute atomic E-state index is 0.0139. The minimum atomic E-state index is -0.298. The summed E-state index contributed by atoms with van der Waals surface area (Å²) in [4.78, 5) is 14.6. The Kier molecular flexibility index (Phi) is 5.15. The summed E-state index contributed by atoms with van der Waals surface area (Å²) < 4.78 is 6.77. The van der Waals surface area contributed by atoms with Gasteiger partial charge in [-0.2, -0.15) is 0 Å². The van der Waals surface area contributed by atoms with Crippen molar-refractivity contribution >= 4 is 35.0 Å². The monoisotopic (exact) mass is 415 g/mol. The fourth-order valence-corrected chi connectivity index (χ4v) is 4.40. The normalized spacial score (nSPS) is 16.6. The lowest BCUT2D eigenvalue weighted by atomic mass is 10.2. The summed E-state index contributed by atoms with van der Waals surface area (Å²) in [6.07, 6.45) is 0.672. The summed E-state index contributed by atoms with van der Waals surface area (Å²) in [7, 11) is 1.59. The molecule has 1 unspecified atom stereocenters. The van der Waals surface area contributed by atoms with Crippen molar-refractivity contribution in [3.05, 3.63) is 53.6 Å². The van der Waals surface area contributed by atoms with Crippen LogP contribution in [0, 0.1) is 0 Å². The number of amides is 1. The van der Waals surface area contributed by atoms with E-state index in [-0.39, 0.29) is 11.2 Å². The number of rotatable bonds is 5. The summed E-state index contributed by atoms with van der Waals surface area (Å²) in [5, 5.41) is 9.11. The highest BCUT2D eigenvalue weighted by atomic mass is 35.5. The van der Waals surface area contributed by atoms with Crippen molar-refractivity contribution in [1.82, 2.24) is 14.9 Å². The zero-order valence-corrected chi connectivity index (χ0v) is 16.7. The van der Waals surface area contributed by atoms with Gasteiger partial charge in [0, 0.05) is 6.54 Å². The second-order valence-corrected chi connectivity index (χ2v) is 7.79. The second kappa shape index (κ2) is 7.73. The number of ether oxygens (including phenoxy) is 1. The summed E-state index contributed by atoms with van der Waals surface area (Å²) in [6.45, 7) is 0.596. The molecule has 4 rings (SSSR count). The molecule has 1 aliphatic rings. The van der Waals surface area contributed by atoms with Crippen LogP contribution in [-0.2, 0) is 4.79 Å². The Bertz CT molecular complexity index is 1030. The highest BCUT2D eigenvalue weighted by Gasteiger charge is 2.35. The van der Waals surface area contributed by atoms with Gasteiger partial charge in [-0.15, -0.1) is 10.2 Å². The number of aromatic nitrogens is 3. The first kappa shape index (κ1) is 18.6. The zero-order valence-electron chi connectivity index (χ0n) is 15.1. The van der Waals surface area contributed by atoms with E-state index in [0.29, 0.717) is 34.7 Å². The van der Waals surface area contributed by atoms with E-state index in [1.165, 1.54) is 16.4 Å². The van der Waals surface area contributed by atoms with E-state index in [1.54, 1.807) is 18.1 Å². The fourth-order valence-electron chi connectivity index (χ4n) is 3.17. The maximum absolute atomic E-state index is 12.9. The molecule has 1 aromatic heterocycles. The first-order chi connectivity index (χ1) is 13.6. The second-order valence-electron chi connectivity index (χ2n) is 6.21. The molecule has 0 radical (unpaired) electrons. The van der Waals surface area contributed by atoms with Crippen LogP contribution in [0.2, 0.25) is 5.02 Å². The van der Waals surface area contributed by atoms with Crippen molar-refractivity contribution in [2.24, 2.45) is 0 Å². The molecular weight excluding hydrogens is 398 g/mol.